The Morgan fingerprint density at radius 1 is 0.886 bits per heavy atom. The van der Waals surface area contributed by atoms with E-state index in [4.69, 9.17) is 14.2 Å². The molecule has 0 radical (unpaired) electrons. The summed E-state index contributed by atoms with van der Waals surface area (Å²) >= 11 is 0. The van der Waals surface area contributed by atoms with Gasteiger partial charge < -0.3 is 14.2 Å². The van der Waals surface area contributed by atoms with Crippen molar-refractivity contribution >= 4 is 0 Å². The van der Waals surface area contributed by atoms with Crippen LogP contribution in [-0.2, 0) is 9.47 Å². The highest BCUT2D eigenvalue weighted by molar-refractivity contribution is 5.71. The van der Waals surface area contributed by atoms with Crippen LogP contribution in [0.15, 0.2) is 67.3 Å². The molecule has 0 atom stereocenters. The Kier molecular flexibility index (Phi) is 8.26. The molecule has 1 fully saturated rings. The van der Waals surface area contributed by atoms with Crippen LogP contribution >= 0.6 is 0 Å². The zero-order valence-corrected chi connectivity index (χ0v) is 19.7. The maximum absolute atomic E-state index is 14.9. The highest BCUT2D eigenvalue weighted by atomic mass is 19.2. The number of rotatable bonds is 9. The third-order valence-corrected chi connectivity index (χ3v) is 6.14. The Hall–Kier alpha value is -3.09. The second kappa shape index (κ2) is 11.6. The molecule has 0 saturated carbocycles. The van der Waals surface area contributed by atoms with Gasteiger partial charge in [0.2, 0.25) is 5.82 Å². The molecular weight excluding hydrogens is 453 g/mol. The van der Waals surface area contributed by atoms with E-state index in [0.29, 0.717) is 36.5 Å². The van der Waals surface area contributed by atoms with Gasteiger partial charge >= 0.3 is 0 Å². The van der Waals surface area contributed by atoms with E-state index < -0.39 is 17.9 Å². The summed E-state index contributed by atoms with van der Waals surface area (Å²) in [5.74, 6) is -2.48. The van der Waals surface area contributed by atoms with E-state index in [9.17, 15) is 13.2 Å². The third-order valence-electron chi connectivity index (χ3n) is 6.14. The molecule has 0 amide bonds. The van der Waals surface area contributed by atoms with Crippen molar-refractivity contribution in [2.24, 2.45) is 0 Å². The van der Waals surface area contributed by atoms with Crippen molar-refractivity contribution in [3.63, 3.8) is 0 Å². The fraction of sp³-hybridized carbons (Fsp3) is 0.310. The normalized spacial score (nSPS) is 17.8. The summed E-state index contributed by atoms with van der Waals surface area (Å²) in [7, 11) is 0. The van der Waals surface area contributed by atoms with Gasteiger partial charge in [-0.05, 0) is 47.4 Å². The van der Waals surface area contributed by atoms with Gasteiger partial charge in [0.05, 0.1) is 19.8 Å². The first kappa shape index (κ1) is 25.0. The van der Waals surface area contributed by atoms with Crippen LogP contribution in [0.5, 0.6) is 5.75 Å². The maximum atomic E-state index is 14.9. The van der Waals surface area contributed by atoms with Crippen LogP contribution in [-0.4, -0.2) is 26.1 Å². The molecule has 4 rings (SSSR count). The summed E-state index contributed by atoms with van der Waals surface area (Å²) in [4.78, 5) is 0. The second-order valence-corrected chi connectivity index (χ2v) is 8.58. The molecule has 1 aliphatic heterocycles. The van der Waals surface area contributed by atoms with Crippen molar-refractivity contribution in [2.45, 2.75) is 38.4 Å². The maximum Gasteiger partial charge on any atom is 0.201 e. The number of hydrogen-bond acceptors (Lipinski definition) is 3. The van der Waals surface area contributed by atoms with Gasteiger partial charge in [0, 0.05) is 17.0 Å². The quantitative estimate of drug-likeness (QED) is 0.232. The summed E-state index contributed by atoms with van der Waals surface area (Å²) in [6, 6.07) is 14.7. The Morgan fingerprint density at radius 2 is 1.54 bits per heavy atom. The minimum Gasteiger partial charge on any atom is -0.490 e. The van der Waals surface area contributed by atoms with Crippen LogP contribution in [0.3, 0.4) is 0 Å². The van der Waals surface area contributed by atoms with Gasteiger partial charge in [-0.15, -0.1) is 0 Å². The van der Waals surface area contributed by atoms with Crippen LogP contribution in [0.2, 0.25) is 0 Å². The van der Waals surface area contributed by atoms with E-state index in [1.165, 1.54) is 18.2 Å². The van der Waals surface area contributed by atoms with E-state index in [1.807, 2.05) is 6.07 Å². The zero-order chi connectivity index (χ0) is 24.8. The zero-order valence-electron chi connectivity index (χ0n) is 19.7. The smallest absolute Gasteiger partial charge is 0.201 e. The van der Waals surface area contributed by atoms with Crippen molar-refractivity contribution in [3.05, 3.63) is 90.3 Å². The van der Waals surface area contributed by atoms with E-state index >= 15 is 0 Å². The van der Waals surface area contributed by atoms with E-state index in [2.05, 4.69) is 13.5 Å². The number of halogens is 3. The lowest BCUT2D eigenvalue weighted by molar-refractivity contribution is -0.159. The van der Waals surface area contributed by atoms with Gasteiger partial charge in [0.1, 0.15) is 5.82 Å². The van der Waals surface area contributed by atoms with Gasteiger partial charge in [-0.25, -0.2) is 8.78 Å². The van der Waals surface area contributed by atoms with Crippen molar-refractivity contribution in [3.8, 4) is 28.0 Å². The van der Waals surface area contributed by atoms with Crippen molar-refractivity contribution < 1.29 is 27.4 Å². The number of unbranched alkanes of at least 4 members (excludes halogenated alkanes) is 2. The van der Waals surface area contributed by atoms with Gasteiger partial charge in [-0.3, -0.25) is 0 Å². The van der Waals surface area contributed by atoms with Crippen molar-refractivity contribution in [2.75, 3.05) is 19.8 Å². The van der Waals surface area contributed by atoms with E-state index in [-0.39, 0.29) is 23.0 Å². The molecule has 3 nitrogen and oxygen atoms in total. The molecule has 0 bridgehead atoms. The molecule has 0 N–H and O–H groups in total. The topological polar surface area (TPSA) is 27.7 Å². The van der Waals surface area contributed by atoms with Gasteiger partial charge in [0.25, 0.3) is 0 Å². The van der Waals surface area contributed by atoms with Crippen LogP contribution in [0.25, 0.3) is 22.3 Å². The highest BCUT2D eigenvalue weighted by Crippen LogP contribution is 2.33. The molecule has 0 unspecified atom stereocenters. The lowest BCUT2D eigenvalue weighted by Crippen LogP contribution is -2.29. The summed E-state index contributed by atoms with van der Waals surface area (Å²) < 4.78 is 60.6. The molecule has 1 heterocycles. The molecule has 0 spiro atoms. The van der Waals surface area contributed by atoms with Crippen LogP contribution in [0, 0.1) is 17.5 Å². The SMILES string of the molecule is C=CC1OCC(c2ccc(-c3ccc(-c4ccc(OCCCCC)c(F)c4F)cc3)c(F)c2)CO1. The molecule has 0 aliphatic carbocycles. The molecule has 3 aromatic carbocycles. The van der Waals surface area contributed by atoms with Gasteiger partial charge in [-0.1, -0.05) is 62.7 Å². The summed E-state index contributed by atoms with van der Waals surface area (Å²) in [6.45, 7) is 6.90. The molecule has 184 valence electrons. The highest BCUT2D eigenvalue weighted by Gasteiger charge is 2.23. The molecule has 1 aliphatic rings. The third kappa shape index (κ3) is 5.77. The Labute approximate surface area is 204 Å². The number of benzene rings is 3. The Balaban J connectivity index is 1.48. The van der Waals surface area contributed by atoms with E-state index in [1.54, 1.807) is 36.4 Å². The Bertz CT molecular complexity index is 1150. The monoisotopic (exact) mass is 482 g/mol. The van der Waals surface area contributed by atoms with Crippen LogP contribution in [0.4, 0.5) is 13.2 Å². The lowest BCUT2D eigenvalue weighted by atomic mass is 9.95. The molecule has 35 heavy (non-hydrogen) atoms. The van der Waals surface area contributed by atoms with Gasteiger partial charge in [0.15, 0.2) is 17.9 Å². The summed E-state index contributed by atoms with van der Waals surface area (Å²) in [5.41, 5.74) is 2.47. The summed E-state index contributed by atoms with van der Waals surface area (Å²) in [6.07, 6.45) is 3.93. The molecule has 3 aromatic rings. The van der Waals surface area contributed by atoms with Crippen molar-refractivity contribution in [1.29, 1.82) is 0 Å². The van der Waals surface area contributed by atoms with E-state index in [0.717, 1.165) is 24.8 Å². The fourth-order valence-electron chi connectivity index (χ4n) is 4.10. The molecule has 1 saturated heterocycles. The number of hydrogen-bond donors (Lipinski definition) is 0. The fourth-order valence-corrected chi connectivity index (χ4v) is 4.10. The predicted molar refractivity (Wildman–Crippen MR) is 131 cm³/mol. The van der Waals surface area contributed by atoms with Crippen LogP contribution in [0.1, 0.15) is 37.7 Å². The second-order valence-electron chi connectivity index (χ2n) is 8.58. The average molecular weight is 483 g/mol. The minimum absolute atomic E-state index is 0.0615. The first-order chi connectivity index (χ1) is 17.0. The molecular formula is C29H29F3O3. The predicted octanol–water partition coefficient (Wildman–Crippen LogP) is 7.65. The Morgan fingerprint density at radius 3 is 2.17 bits per heavy atom. The van der Waals surface area contributed by atoms with Crippen molar-refractivity contribution in [1.82, 2.24) is 0 Å². The lowest BCUT2D eigenvalue weighted by Gasteiger charge is -2.28. The van der Waals surface area contributed by atoms with Crippen LogP contribution < -0.4 is 4.74 Å². The minimum atomic E-state index is -1.00. The first-order valence-corrected chi connectivity index (χ1v) is 11.9. The summed E-state index contributed by atoms with van der Waals surface area (Å²) in [5, 5.41) is 0. The average Bonchev–Trinajstić information content (AvgIpc) is 2.89. The standard InChI is InChI=1S/C29H29F3O3/c1-3-5-6-15-33-26-14-13-24(28(31)29(26)32)20-9-7-19(8-10-20)23-12-11-21(16-25(23)30)22-17-34-27(4-2)35-18-22/h4,7-14,16,22,27H,2-3,5-6,15,17-18H2,1H3. The van der Waals surface area contributed by atoms with Gasteiger partial charge in [-0.2, -0.15) is 4.39 Å². The molecule has 0 aromatic heterocycles. The number of ether oxygens (including phenoxy) is 3. The first-order valence-electron chi connectivity index (χ1n) is 11.9. The largest absolute Gasteiger partial charge is 0.490 e. The molecule has 6 heteroatoms.